The molecule has 1 saturated carbocycles. The van der Waals surface area contributed by atoms with Crippen LogP contribution in [0.5, 0.6) is 5.75 Å². The van der Waals surface area contributed by atoms with Crippen LogP contribution < -0.4 is 0 Å². The largest absolute Gasteiger partial charge is 0.508 e. The van der Waals surface area contributed by atoms with E-state index in [1.54, 1.807) is 12.1 Å². The molecule has 5 heteroatoms. The predicted molar refractivity (Wildman–Crippen MR) is 130 cm³/mol. The van der Waals surface area contributed by atoms with Crippen LogP contribution in [0.1, 0.15) is 76.1 Å². The zero-order valence-electron chi connectivity index (χ0n) is 19.7. The number of nitrogens with zero attached hydrogens (tertiary/aromatic N) is 2. The molecule has 0 bridgehead atoms. The Morgan fingerprint density at radius 2 is 1.75 bits per heavy atom. The molecule has 1 aliphatic heterocycles. The van der Waals surface area contributed by atoms with Gasteiger partial charge in [-0.1, -0.05) is 62.2 Å². The van der Waals surface area contributed by atoms with Gasteiger partial charge in [0.25, 0.3) is 5.91 Å². The van der Waals surface area contributed by atoms with E-state index in [-0.39, 0.29) is 23.1 Å². The molecule has 4 rings (SSSR count). The molecule has 2 aromatic carbocycles. The third kappa shape index (κ3) is 4.17. The number of hydrogen-bond donors (Lipinski definition) is 1. The van der Waals surface area contributed by atoms with Crippen molar-refractivity contribution in [3.05, 3.63) is 64.2 Å². The third-order valence-corrected chi connectivity index (χ3v) is 7.52. The first-order chi connectivity index (χ1) is 15.0. The van der Waals surface area contributed by atoms with E-state index in [1.165, 1.54) is 11.6 Å². The van der Waals surface area contributed by atoms with Crippen LogP contribution in [0.15, 0.2) is 47.5 Å². The monoisotopic (exact) mass is 452 g/mol. The first kappa shape index (κ1) is 22.8. The molecule has 1 amide bonds. The number of carbonyl (C=O) groups is 1. The van der Waals surface area contributed by atoms with E-state index in [9.17, 15) is 9.90 Å². The molecule has 4 nitrogen and oxygen atoms in total. The van der Waals surface area contributed by atoms with Crippen molar-refractivity contribution in [1.29, 1.82) is 0 Å². The number of amides is 1. The molecule has 0 saturated heterocycles. The SMILES string of the molecule is Cc1ccc(C(C)N2C(=O)C(c3cc(O)cc(Cl)c3)=NC23CCC(C(C)(C)C)CC3)cc1. The highest BCUT2D eigenvalue weighted by Gasteiger charge is 2.51. The quantitative estimate of drug-likeness (QED) is 0.564. The van der Waals surface area contributed by atoms with E-state index >= 15 is 0 Å². The minimum absolute atomic E-state index is 0.0403. The number of hydrogen-bond acceptors (Lipinski definition) is 3. The van der Waals surface area contributed by atoms with Crippen LogP contribution in [0, 0.1) is 18.3 Å². The Morgan fingerprint density at radius 3 is 2.31 bits per heavy atom. The molecule has 1 heterocycles. The summed E-state index contributed by atoms with van der Waals surface area (Å²) in [4.78, 5) is 20.9. The van der Waals surface area contributed by atoms with Gasteiger partial charge in [-0.25, -0.2) is 0 Å². The molecule has 2 aliphatic rings. The molecule has 1 unspecified atom stereocenters. The lowest BCUT2D eigenvalue weighted by Crippen LogP contribution is -2.50. The van der Waals surface area contributed by atoms with E-state index in [4.69, 9.17) is 16.6 Å². The predicted octanol–water partition coefficient (Wildman–Crippen LogP) is 6.68. The fraction of sp³-hybridized carbons (Fsp3) is 0.481. The fourth-order valence-corrected chi connectivity index (χ4v) is 5.57. The van der Waals surface area contributed by atoms with E-state index in [1.807, 2.05) is 4.90 Å². The number of carbonyl (C=O) groups excluding carboxylic acids is 1. The number of phenols is 1. The summed E-state index contributed by atoms with van der Waals surface area (Å²) in [6, 6.07) is 13.0. The molecule has 0 radical (unpaired) electrons. The van der Waals surface area contributed by atoms with Gasteiger partial charge in [-0.05, 0) is 74.6 Å². The molecule has 1 N–H and O–H groups in total. The maximum absolute atomic E-state index is 13.8. The number of aliphatic imine (C=N–C) groups is 1. The number of rotatable bonds is 3. The second-order valence-corrected chi connectivity index (χ2v) is 11.0. The summed E-state index contributed by atoms with van der Waals surface area (Å²) in [6.07, 6.45) is 3.75. The summed E-state index contributed by atoms with van der Waals surface area (Å²) in [5.41, 5.74) is 2.96. The van der Waals surface area contributed by atoms with Crippen molar-refractivity contribution >= 4 is 23.2 Å². The van der Waals surface area contributed by atoms with Crippen LogP contribution in [-0.4, -0.2) is 27.3 Å². The van der Waals surface area contributed by atoms with Crippen LogP contribution in [0.2, 0.25) is 5.02 Å². The smallest absolute Gasteiger partial charge is 0.275 e. The summed E-state index contributed by atoms with van der Waals surface area (Å²) in [5.74, 6) is 0.557. The van der Waals surface area contributed by atoms with Gasteiger partial charge in [0.15, 0.2) is 0 Å². The zero-order valence-corrected chi connectivity index (χ0v) is 20.4. The molecular weight excluding hydrogens is 420 g/mol. The third-order valence-electron chi connectivity index (χ3n) is 7.30. The fourth-order valence-electron chi connectivity index (χ4n) is 5.34. The minimum Gasteiger partial charge on any atom is -0.508 e. The Hall–Kier alpha value is -2.33. The maximum atomic E-state index is 13.8. The number of phenolic OH excluding ortho intramolecular Hbond substituents is 1. The lowest BCUT2D eigenvalue weighted by Gasteiger charge is -2.46. The van der Waals surface area contributed by atoms with Gasteiger partial charge in [0.2, 0.25) is 0 Å². The molecule has 32 heavy (non-hydrogen) atoms. The number of halogens is 1. The Balaban J connectivity index is 1.75. The zero-order chi connectivity index (χ0) is 23.3. The van der Waals surface area contributed by atoms with Crippen molar-refractivity contribution < 1.29 is 9.90 Å². The first-order valence-electron chi connectivity index (χ1n) is 11.5. The standard InChI is InChI=1S/C27H33ClN2O2/c1-17-6-8-19(9-7-17)18(2)30-25(32)24(20-14-22(28)16-23(31)15-20)29-27(30)12-10-21(11-13-27)26(3,4)5/h6-9,14-16,18,21,31H,10-13H2,1-5H3. The molecular formula is C27H33ClN2O2. The molecule has 170 valence electrons. The van der Waals surface area contributed by atoms with Gasteiger partial charge in [-0.2, -0.15) is 0 Å². The highest BCUT2D eigenvalue weighted by molar-refractivity contribution is 6.47. The average Bonchev–Trinajstić information content (AvgIpc) is 2.98. The molecule has 1 atom stereocenters. The van der Waals surface area contributed by atoms with Crippen LogP contribution in [-0.2, 0) is 4.79 Å². The van der Waals surface area contributed by atoms with Crippen molar-refractivity contribution in [2.45, 2.75) is 72.0 Å². The van der Waals surface area contributed by atoms with Crippen molar-refractivity contribution in [3.8, 4) is 5.75 Å². The number of benzene rings is 2. The second kappa shape index (κ2) is 8.22. The lowest BCUT2D eigenvalue weighted by molar-refractivity contribution is -0.132. The number of aromatic hydroxyl groups is 1. The maximum Gasteiger partial charge on any atom is 0.275 e. The van der Waals surface area contributed by atoms with E-state index in [2.05, 4.69) is 58.9 Å². The molecule has 0 aromatic heterocycles. The summed E-state index contributed by atoms with van der Waals surface area (Å²) < 4.78 is 0. The Kier molecular flexibility index (Phi) is 5.87. The summed E-state index contributed by atoms with van der Waals surface area (Å²) in [6.45, 7) is 11.1. The first-order valence-corrected chi connectivity index (χ1v) is 11.9. The van der Waals surface area contributed by atoms with Crippen molar-refractivity contribution in [3.63, 3.8) is 0 Å². The highest BCUT2D eigenvalue weighted by atomic mass is 35.5. The lowest BCUT2D eigenvalue weighted by atomic mass is 9.69. The van der Waals surface area contributed by atoms with Gasteiger partial charge in [0, 0.05) is 10.6 Å². The van der Waals surface area contributed by atoms with Crippen LogP contribution in [0.25, 0.3) is 0 Å². The summed E-state index contributed by atoms with van der Waals surface area (Å²) in [5, 5.41) is 10.5. The van der Waals surface area contributed by atoms with Gasteiger partial charge in [0.05, 0.1) is 6.04 Å². The second-order valence-electron chi connectivity index (χ2n) is 10.5. The highest BCUT2D eigenvalue weighted by Crippen LogP contribution is 2.49. The van der Waals surface area contributed by atoms with Crippen molar-refractivity contribution in [2.24, 2.45) is 16.3 Å². The van der Waals surface area contributed by atoms with Gasteiger partial charge in [0.1, 0.15) is 17.1 Å². The van der Waals surface area contributed by atoms with Gasteiger partial charge in [-0.15, -0.1) is 0 Å². The molecule has 1 aliphatic carbocycles. The summed E-state index contributed by atoms with van der Waals surface area (Å²) >= 11 is 6.19. The molecule has 2 aromatic rings. The van der Waals surface area contributed by atoms with Gasteiger partial charge >= 0.3 is 0 Å². The van der Waals surface area contributed by atoms with Crippen molar-refractivity contribution in [2.75, 3.05) is 0 Å². The average molecular weight is 453 g/mol. The topological polar surface area (TPSA) is 52.9 Å². The Bertz CT molecular complexity index is 1020. The normalized spacial score (nSPS) is 24.7. The van der Waals surface area contributed by atoms with E-state index in [0.29, 0.717) is 22.2 Å². The Labute approximate surface area is 196 Å². The van der Waals surface area contributed by atoms with Crippen LogP contribution >= 0.6 is 11.6 Å². The van der Waals surface area contributed by atoms with Crippen LogP contribution in [0.4, 0.5) is 0 Å². The van der Waals surface area contributed by atoms with E-state index < -0.39 is 5.66 Å². The van der Waals surface area contributed by atoms with Crippen molar-refractivity contribution in [1.82, 2.24) is 4.90 Å². The van der Waals surface area contributed by atoms with E-state index in [0.717, 1.165) is 31.2 Å². The van der Waals surface area contributed by atoms with Gasteiger partial charge in [-0.3, -0.25) is 9.79 Å². The van der Waals surface area contributed by atoms with Gasteiger partial charge < -0.3 is 10.0 Å². The number of aryl methyl sites for hydroxylation is 1. The summed E-state index contributed by atoms with van der Waals surface area (Å²) in [7, 11) is 0. The minimum atomic E-state index is -0.559. The van der Waals surface area contributed by atoms with Crippen LogP contribution in [0.3, 0.4) is 0 Å². The Morgan fingerprint density at radius 1 is 1.12 bits per heavy atom. The molecule has 1 fully saturated rings. The molecule has 1 spiro atoms.